The zero-order valence-corrected chi connectivity index (χ0v) is 13.2. The van der Waals surface area contributed by atoms with Gasteiger partial charge < -0.3 is 5.11 Å². The molecular weight excluding hydrogens is 280 g/mol. The van der Waals surface area contributed by atoms with Crippen LogP contribution in [0.1, 0.15) is 56.3 Å². The van der Waals surface area contributed by atoms with Gasteiger partial charge in [-0.2, -0.15) is 0 Å². The lowest BCUT2D eigenvalue weighted by molar-refractivity contribution is 0.101. The summed E-state index contributed by atoms with van der Waals surface area (Å²) in [6, 6.07) is 6.89. The molecule has 22 heavy (non-hydrogen) atoms. The second-order valence-corrected chi connectivity index (χ2v) is 5.92. The van der Waals surface area contributed by atoms with Gasteiger partial charge >= 0.3 is 6.09 Å². The summed E-state index contributed by atoms with van der Waals surface area (Å²) >= 11 is 0. The fraction of sp³-hybridized carbons (Fsp3) is 0.529. The molecule has 0 radical (unpaired) electrons. The van der Waals surface area contributed by atoms with Gasteiger partial charge in [-0.15, -0.1) is 0 Å². The summed E-state index contributed by atoms with van der Waals surface area (Å²) in [6.45, 7) is 3.54. The van der Waals surface area contributed by atoms with Gasteiger partial charge in [-0.25, -0.2) is 9.80 Å². The third-order valence-corrected chi connectivity index (χ3v) is 4.44. The van der Waals surface area contributed by atoms with Gasteiger partial charge in [0.2, 0.25) is 0 Å². The summed E-state index contributed by atoms with van der Waals surface area (Å²) in [5, 5.41) is 10.9. The Kier molecular flexibility index (Phi) is 5.41. The molecule has 1 unspecified atom stereocenters. The molecule has 1 saturated carbocycles. The first-order chi connectivity index (χ1) is 10.5. The highest BCUT2D eigenvalue weighted by molar-refractivity contribution is 5.94. The Bertz CT molecular complexity index is 521. The van der Waals surface area contributed by atoms with Crippen LogP contribution in [0.2, 0.25) is 0 Å². The van der Waals surface area contributed by atoms with Crippen LogP contribution in [0.25, 0.3) is 0 Å². The van der Waals surface area contributed by atoms with Crippen molar-refractivity contribution in [1.29, 1.82) is 0 Å². The normalized spacial score (nSPS) is 16.3. The van der Waals surface area contributed by atoms with Crippen LogP contribution < -0.4 is 5.43 Å². The topological polar surface area (TPSA) is 69.6 Å². The zero-order chi connectivity index (χ0) is 16.1. The number of hydrazine groups is 1. The quantitative estimate of drug-likeness (QED) is 0.611. The molecule has 1 aliphatic carbocycles. The Morgan fingerprint density at radius 1 is 1.27 bits per heavy atom. The Morgan fingerprint density at radius 2 is 1.86 bits per heavy atom. The molecule has 0 aromatic heterocycles. The molecule has 5 heteroatoms. The van der Waals surface area contributed by atoms with Gasteiger partial charge in [-0.3, -0.25) is 10.2 Å². The number of ketones is 1. The fourth-order valence-electron chi connectivity index (χ4n) is 3.26. The molecule has 0 saturated heterocycles. The lowest BCUT2D eigenvalue weighted by Crippen LogP contribution is -2.46. The fourth-order valence-corrected chi connectivity index (χ4v) is 3.26. The Morgan fingerprint density at radius 3 is 2.32 bits per heavy atom. The number of amides is 1. The monoisotopic (exact) mass is 304 g/mol. The Balaban J connectivity index is 2.13. The summed E-state index contributed by atoms with van der Waals surface area (Å²) in [6.07, 6.45) is 4.37. The molecule has 0 aliphatic heterocycles. The van der Waals surface area contributed by atoms with E-state index in [0.717, 1.165) is 19.3 Å². The highest BCUT2D eigenvalue weighted by Gasteiger charge is 2.31. The second kappa shape index (κ2) is 7.29. The number of carboxylic acid groups (broad SMARTS) is 1. The van der Waals surface area contributed by atoms with E-state index in [2.05, 4.69) is 5.43 Å². The average molecular weight is 304 g/mol. The van der Waals surface area contributed by atoms with Crippen LogP contribution in [-0.4, -0.2) is 28.0 Å². The summed E-state index contributed by atoms with van der Waals surface area (Å²) < 4.78 is 0. The van der Waals surface area contributed by atoms with Crippen LogP contribution in [0.3, 0.4) is 0 Å². The minimum atomic E-state index is -0.964. The van der Waals surface area contributed by atoms with E-state index in [1.54, 1.807) is 24.3 Å². The predicted octanol–water partition coefficient (Wildman–Crippen LogP) is 4.16. The van der Waals surface area contributed by atoms with Crippen molar-refractivity contribution in [2.24, 2.45) is 5.92 Å². The van der Waals surface area contributed by atoms with Gasteiger partial charge in [0.15, 0.2) is 5.78 Å². The van der Waals surface area contributed by atoms with Gasteiger partial charge in [0.25, 0.3) is 0 Å². The standard InChI is InChI=1S/C17H24N2O3/c1-3-16(14-6-4-5-7-14)19(17(21)22)18-15-10-8-13(9-11-15)12(2)20/h8-11,14,16,18H,3-7H2,1-2H3,(H,21,22). The summed E-state index contributed by atoms with van der Waals surface area (Å²) in [5.41, 5.74) is 4.30. The first kappa shape index (κ1) is 16.3. The molecule has 1 fully saturated rings. The number of anilines is 1. The largest absolute Gasteiger partial charge is 0.464 e. The van der Waals surface area contributed by atoms with Gasteiger partial charge in [0, 0.05) is 5.56 Å². The van der Waals surface area contributed by atoms with Crippen molar-refractivity contribution in [1.82, 2.24) is 5.01 Å². The first-order valence-corrected chi connectivity index (χ1v) is 7.92. The van der Waals surface area contributed by atoms with E-state index in [1.165, 1.54) is 24.8 Å². The van der Waals surface area contributed by atoms with Crippen LogP contribution in [-0.2, 0) is 0 Å². The van der Waals surface area contributed by atoms with Crippen LogP contribution >= 0.6 is 0 Å². The van der Waals surface area contributed by atoms with Crippen molar-refractivity contribution >= 4 is 17.6 Å². The maximum absolute atomic E-state index is 11.6. The molecule has 1 aromatic carbocycles. The van der Waals surface area contributed by atoms with E-state index < -0.39 is 6.09 Å². The third kappa shape index (κ3) is 3.78. The number of Topliss-reactive ketones (excluding diaryl/α,β-unsaturated/α-hetero) is 1. The minimum Gasteiger partial charge on any atom is -0.464 e. The molecule has 0 spiro atoms. The van der Waals surface area contributed by atoms with E-state index in [-0.39, 0.29) is 11.8 Å². The molecule has 5 nitrogen and oxygen atoms in total. The van der Waals surface area contributed by atoms with E-state index in [1.807, 2.05) is 6.92 Å². The number of benzene rings is 1. The van der Waals surface area contributed by atoms with Crippen LogP contribution in [0.15, 0.2) is 24.3 Å². The summed E-state index contributed by atoms with van der Waals surface area (Å²) in [5.74, 6) is 0.420. The highest BCUT2D eigenvalue weighted by atomic mass is 16.4. The van der Waals surface area contributed by atoms with Crippen LogP contribution in [0.5, 0.6) is 0 Å². The van der Waals surface area contributed by atoms with E-state index in [9.17, 15) is 14.7 Å². The highest BCUT2D eigenvalue weighted by Crippen LogP contribution is 2.32. The molecular formula is C17H24N2O3. The van der Waals surface area contributed by atoms with Crippen molar-refractivity contribution in [3.63, 3.8) is 0 Å². The summed E-state index contributed by atoms with van der Waals surface area (Å²) in [4.78, 5) is 22.9. The number of rotatable bonds is 6. The maximum Gasteiger partial charge on any atom is 0.426 e. The van der Waals surface area contributed by atoms with Gasteiger partial charge in [-0.05, 0) is 56.4 Å². The molecule has 2 N–H and O–H groups in total. The molecule has 1 aliphatic rings. The number of carbonyl (C=O) groups is 2. The lowest BCUT2D eigenvalue weighted by atomic mass is 9.95. The van der Waals surface area contributed by atoms with Crippen LogP contribution in [0, 0.1) is 5.92 Å². The van der Waals surface area contributed by atoms with Crippen LogP contribution in [0.4, 0.5) is 10.5 Å². The number of nitrogens with one attached hydrogen (secondary N) is 1. The van der Waals surface area contributed by atoms with Gasteiger partial charge in [-0.1, -0.05) is 19.8 Å². The van der Waals surface area contributed by atoms with Gasteiger partial charge in [0.1, 0.15) is 0 Å². The first-order valence-electron chi connectivity index (χ1n) is 7.92. The summed E-state index contributed by atoms with van der Waals surface area (Å²) in [7, 11) is 0. The molecule has 1 atom stereocenters. The van der Waals surface area contributed by atoms with E-state index in [4.69, 9.17) is 0 Å². The SMILES string of the molecule is CCC(C1CCCC1)N(Nc1ccc(C(C)=O)cc1)C(=O)O. The molecule has 2 rings (SSSR count). The molecule has 0 bridgehead atoms. The number of hydrogen-bond acceptors (Lipinski definition) is 3. The minimum absolute atomic E-state index is 0.000897. The third-order valence-electron chi connectivity index (χ3n) is 4.44. The van der Waals surface area contributed by atoms with E-state index >= 15 is 0 Å². The van der Waals surface area contributed by atoms with Crippen molar-refractivity contribution in [2.45, 2.75) is 52.0 Å². The maximum atomic E-state index is 11.6. The van der Waals surface area contributed by atoms with Crippen molar-refractivity contribution in [2.75, 3.05) is 5.43 Å². The van der Waals surface area contributed by atoms with Crippen molar-refractivity contribution in [3.05, 3.63) is 29.8 Å². The zero-order valence-electron chi connectivity index (χ0n) is 13.2. The van der Waals surface area contributed by atoms with Gasteiger partial charge in [0.05, 0.1) is 11.7 Å². The van der Waals surface area contributed by atoms with E-state index in [0.29, 0.717) is 17.2 Å². The molecule has 120 valence electrons. The number of carbonyl (C=O) groups excluding carboxylic acids is 1. The number of hydrogen-bond donors (Lipinski definition) is 2. The lowest BCUT2D eigenvalue weighted by Gasteiger charge is -2.33. The average Bonchev–Trinajstić information content (AvgIpc) is 3.01. The van der Waals surface area contributed by atoms with Crippen molar-refractivity contribution in [3.8, 4) is 0 Å². The number of nitrogens with zero attached hydrogens (tertiary/aromatic N) is 1. The molecule has 1 aromatic rings. The molecule has 1 amide bonds. The second-order valence-electron chi connectivity index (χ2n) is 5.92. The van der Waals surface area contributed by atoms with Crippen molar-refractivity contribution < 1.29 is 14.7 Å². The predicted molar refractivity (Wildman–Crippen MR) is 86.0 cm³/mol. The Labute approximate surface area is 131 Å². The Hall–Kier alpha value is -2.04. The smallest absolute Gasteiger partial charge is 0.426 e. The molecule has 0 heterocycles.